The van der Waals surface area contributed by atoms with Gasteiger partial charge in [-0.2, -0.15) is 0 Å². The van der Waals surface area contributed by atoms with E-state index in [4.69, 9.17) is 4.74 Å². The van der Waals surface area contributed by atoms with Crippen LogP contribution in [0.2, 0.25) is 0 Å². The standard InChI is InChI=1S/C16H19NO2/c1-3-14-9-15(16(18)17-12(14)2)11-19-10-13-7-5-4-6-8-13/h4-9H,3,10-11H2,1-2H3,(H,17,18). The van der Waals surface area contributed by atoms with Crippen molar-refractivity contribution in [1.82, 2.24) is 4.98 Å². The van der Waals surface area contributed by atoms with Gasteiger partial charge in [-0.15, -0.1) is 0 Å². The summed E-state index contributed by atoms with van der Waals surface area (Å²) in [4.78, 5) is 14.7. The highest BCUT2D eigenvalue weighted by Crippen LogP contribution is 2.08. The van der Waals surface area contributed by atoms with Gasteiger partial charge in [-0.1, -0.05) is 37.3 Å². The largest absolute Gasteiger partial charge is 0.372 e. The second-order valence-electron chi connectivity index (χ2n) is 4.61. The molecule has 100 valence electrons. The number of aromatic amines is 1. The first-order valence-corrected chi connectivity index (χ1v) is 6.54. The van der Waals surface area contributed by atoms with Crippen molar-refractivity contribution < 1.29 is 4.74 Å². The van der Waals surface area contributed by atoms with Gasteiger partial charge in [0.15, 0.2) is 0 Å². The van der Waals surface area contributed by atoms with Crippen LogP contribution in [-0.2, 0) is 24.4 Å². The highest BCUT2D eigenvalue weighted by molar-refractivity contribution is 5.24. The molecule has 1 heterocycles. The van der Waals surface area contributed by atoms with Crippen molar-refractivity contribution >= 4 is 0 Å². The number of hydrogen-bond donors (Lipinski definition) is 1. The molecule has 3 heteroatoms. The van der Waals surface area contributed by atoms with Gasteiger partial charge in [0.1, 0.15) is 0 Å². The maximum Gasteiger partial charge on any atom is 0.253 e. The summed E-state index contributed by atoms with van der Waals surface area (Å²) in [7, 11) is 0. The molecule has 0 amide bonds. The van der Waals surface area contributed by atoms with Crippen molar-refractivity contribution in [1.29, 1.82) is 0 Å². The van der Waals surface area contributed by atoms with Crippen LogP contribution in [-0.4, -0.2) is 4.98 Å². The van der Waals surface area contributed by atoms with E-state index in [0.29, 0.717) is 18.8 Å². The Labute approximate surface area is 113 Å². The molecule has 1 N–H and O–H groups in total. The highest BCUT2D eigenvalue weighted by Gasteiger charge is 2.05. The number of rotatable bonds is 5. The zero-order chi connectivity index (χ0) is 13.7. The number of aryl methyl sites for hydroxylation is 2. The van der Waals surface area contributed by atoms with Crippen LogP contribution in [0.3, 0.4) is 0 Å². The van der Waals surface area contributed by atoms with E-state index < -0.39 is 0 Å². The Morgan fingerprint density at radius 2 is 1.84 bits per heavy atom. The minimum atomic E-state index is -0.0530. The Morgan fingerprint density at radius 1 is 1.11 bits per heavy atom. The lowest BCUT2D eigenvalue weighted by atomic mass is 10.1. The molecule has 1 aromatic carbocycles. The molecule has 2 rings (SSSR count). The van der Waals surface area contributed by atoms with Crippen molar-refractivity contribution in [2.45, 2.75) is 33.5 Å². The molecule has 0 aliphatic carbocycles. The number of nitrogens with one attached hydrogen (secondary N) is 1. The predicted molar refractivity (Wildman–Crippen MR) is 76.1 cm³/mol. The Kier molecular flexibility index (Phi) is 4.53. The topological polar surface area (TPSA) is 42.1 Å². The summed E-state index contributed by atoms with van der Waals surface area (Å²) in [5.74, 6) is 0. The van der Waals surface area contributed by atoms with Gasteiger partial charge in [0, 0.05) is 11.3 Å². The van der Waals surface area contributed by atoms with Crippen molar-refractivity contribution in [3.8, 4) is 0 Å². The van der Waals surface area contributed by atoms with E-state index in [0.717, 1.165) is 23.2 Å². The van der Waals surface area contributed by atoms with Crippen molar-refractivity contribution in [2.75, 3.05) is 0 Å². The summed E-state index contributed by atoms with van der Waals surface area (Å²) in [6.45, 7) is 4.87. The second kappa shape index (κ2) is 6.34. The van der Waals surface area contributed by atoms with E-state index in [1.54, 1.807) is 0 Å². The van der Waals surface area contributed by atoms with Crippen LogP contribution in [0.1, 0.15) is 29.3 Å². The normalized spacial score (nSPS) is 10.6. The van der Waals surface area contributed by atoms with Gasteiger partial charge in [0.25, 0.3) is 5.56 Å². The number of hydrogen-bond acceptors (Lipinski definition) is 2. The molecule has 2 aromatic rings. The third-order valence-electron chi connectivity index (χ3n) is 3.17. The van der Waals surface area contributed by atoms with Gasteiger partial charge in [0.2, 0.25) is 0 Å². The zero-order valence-corrected chi connectivity index (χ0v) is 11.4. The first-order valence-electron chi connectivity index (χ1n) is 6.54. The minimum Gasteiger partial charge on any atom is -0.372 e. The number of aromatic nitrogens is 1. The SMILES string of the molecule is CCc1cc(COCc2ccccc2)c(=O)[nH]c1C. The fourth-order valence-corrected chi connectivity index (χ4v) is 2.04. The summed E-state index contributed by atoms with van der Waals surface area (Å²) in [6, 6.07) is 11.9. The van der Waals surface area contributed by atoms with Crippen LogP contribution < -0.4 is 5.56 Å². The Bertz CT molecular complexity index is 587. The number of pyridine rings is 1. The second-order valence-corrected chi connectivity index (χ2v) is 4.61. The Hall–Kier alpha value is -1.87. The van der Waals surface area contributed by atoms with Gasteiger partial charge in [-0.05, 0) is 30.5 Å². The molecule has 0 unspecified atom stereocenters. The molecule has 3 nitrogen and oxygen atoms in total. The van der Waals surface area contributed by atoms with Crippen LogP contribution in [0, 0.1) is 6.92 Å². The number of benzene rings is 1. The third kappa shape index (κ3) is 3.55. The molecule has 0 spiro atoms. The quantitative estimate of drug-likeness (QED) is 0.894. The number of H-pyrrole nitrogens is 1. The predicted octanol–water partition coefficient (Wildman–Crippen LogP) is 2.96. The maximum atomic E-state index is 11.8. The molecule has 19 heavy (non-hydrogen) atoms. The van der Waals surface area contributed by atoms with Crippen LogP contribution in [0.15, 0.2) is 41.2 Å². The maximum absolute atomic E-state index is 11.8. The molecular weight excluding hydrogens is 238 g/mol. The number of ether oxygens (including phenoxy) is 1. The van der Waals surface area contributed by atoms with E-state index in [1.165, 1.54) is 0 Å². The van der Waals surface area contributed by atoms with Crippen LogP contribution >= 0.6 is 0 Å². The van der Waals surface area contributed by atoms with E-state index in [-0.39, 0.29) is 5.56 Å². The van der Waals surface area contributed by atoms with E-state index in [2.05, 4.69) is 11.9 Å². The van der Waals surface area contributed by atoms with Gasteiger partial charge in [-0.3, -0.25) is 4.79 Å². The fourth-order valence-electron chi connectivity index (χ4n) is 2.04. The van der Waals surface area contributed by atoms with Gasteiger partial charge < -0.3 is 9.72 Å². The van der Waals surface area contributed by atoms with Crippen molar-refractivity contribution in [3.05, 3.63) is 69.1 Å². The summed E-state index contributed by atoms with van der Waals surface area (Å²) in [5, 5.41) is 0. The lowest BCUT2D eigenvalue weighted by Gasteiger charge is -2.07. The third-order valence-corrected chi connectivity index (χ3v) is 3.17. The molecule has 0 radical (unpaired) electrons. The Morgan fingerprint density at radius 3 is 2.53 bits per heavy atom. The minimum absolute atomic E-state index is 0.0530. The van der Waals surface area contributed by atoms with E-state index >= 15 is 0 Å². The first kappa shape index (κ1) is 13.6. The average Bonchev–Trinajstić information content (AvgIpc) is 2.42. The van der Waals surface area contributed by atoms with E-state index in [1.807, 2.05) is 43.3 Å². The van der Waals surface area contributed by atoms with Crippen molar-refractivity contribution in [3.63, 3.8) is 0 Å². The lowest BCUT2D eigenvalue weighted by molar-refractivity contribution is 0.106. The first-order chi connectivity index (χ1) is 9.20. The van der Waals surface area contributed by atoms with Crippen LogP contribution in [0.4, 0.5) is 0 Å². The summed E-state index contributed by atoms with van der Waals surface area (Å²) in [6.07, 6.45) is 0.911. The summed E-state index contributed by atoms with van der Waals surface area (Å²) < 4.78 is 5.61. The van der Waals surface area contributed by atoms with Crippen LogP contribution in [0.5, 0.6) is 0 Å². The molecule has 0 saturated carbocycles. The molecule has 0 bridgehead atoms. The lowest BCUT2D eigenvalue weighted by Crippen LogP contribution is -2.16. The molecule has 0 atom stereocenters. The van der Waals surface area contributed by atoms with Gasteiger partial charge >= 0.3 is 0 Å². The zero-order valence-electron chi connectivity index (χ0n) is 11.4. The summed E-state index contributed by atoms with van der Waals surface area (Å²) in [5.41, 5.74) is 3.86. The fraction of sp³-hybridized carbons (Fsp3) is 0.312. The summed E-state index contributed by atoms with van der Waals surface area (Å²) >= 11 is 0. The van der Waals surface area contributed by atoms with Crippen molar-refractivity contribution in [2.24, 2.45) is 0 Å². The van der Waals surface area contributed by atoms with Gasteiger partial charge in [0.05, 0.1) is 13.2 Å². The average molecular weight is 257 g/mol. The monoisotopic (exact) mass is 257 g/mol. The molecule has 0 aliphatic heterocycles. The van der Waals surface area contributed by atoms with E-state index in [9.17, 15) is 4.79 Å². The molecular formula is C16H19NO2. The molecule has 0 saturated heterocycles. The smallest absolute Gasteiger partial charge is 0.253 e. The molecule has 0 aliphatic rings. The molecule has 1 aromatic heterocycles. The highest BCUT2D eigenvalue weighted by atomic mass is 16.5. The molecule has 0 fully saturated rings. The van der Waals surface area contributed by atoms with Gasteiger partial charge in [-0.25, -0.2) is 0 Å². The van der Waals surface area contributed by atoms with Crippen LogP contribution in [0.25, 0.3) is 0 Å². The Balaban J connectivity index is 2.02.